The van der Waals surface area contributed by atoms with Crippen molar-refractivity contribution in [2.75, 3.05) is 0 Å². The predicted octanol–water partition coefficient (Wildman–Crippen LogP) is 0.848. The van der Waals surface area contributed by atoms with E-state index < -0.39 is 8.07 Å². The molecule has 2 aliphatic heterocycles. The predicted molar refractivity (Wildman–Crippen MR) is 121 cm³/mol. The number of hydrogen-bond donors (Lipinski definition) is 0. The van der Waals surface area contributed by atoms with Gasteiger partial charge in [0, 0.05) is 23.6 Å². The fourth-order valence-electron chi connectivity index (χ4n) is 5.58. The molecule has 0 spiro atoms. The fraction of sp³-hybridized carbons (Fsp3) is 0.231. The standard InChI is InChI=1S/C16H17NSi.C10H9.2ClH.Zr/c1-11-15-13-9-17(12-7-5-4-6-8-12)10-14(13)16(11)18(15,2)3;1-8-6-9-4-2-3-5-10(9)7-8;;;/h4-10,15H,1-3H3;2-7H,1H3;2*1H;/q;;;;+2/p-2. The van der Waals surface area contributed by atoms with Gasteiger partial charge >= 0.3 is 82.3 Å². The van der Waals surface area contributed by atoms with E-state index in [1.807, 2.05) is 0 Å². The number of halogens is 2. The summed E-state index contributed by atoms with van der Waals surface area (Å²) in [5, 5.41) is 1.72. The Kier molecular flexibility index (Phi) is 7.14. The first-order chi connectivity index (χ1) is 13.9. The number of benzene rings is 2. The zero-order chi connectivity index (χ0) is 20.3. The van der Waals surface area contributed by atoms with Crippen molar-refractivity contribution < 1.29 is 49.5 Å². The van der Waals surface area contributed by atoms with Gasteiger partial charge in [-0.2, -0.15) is 0 Å². The Balaban J connectivity index is 0.000000183. The van der Waals surface area contributed by atoms with Crippen molar-refractivity contribution in [3.05, 3.63) is 100 Å². The van der Waals surface area contributed by atoms with Gasteiger partial charge in [0.1, 0.15) is 0 Å². The summed E-state index contributed by atoms with van der Waals surface area (Å²) in [7, 11) is -1.12. The van der Waals surface area contributed by atoms with Crippen molar-refractivity contribution in [2.24, 2.45) is 0 Å². The van der Waals surface area contributed by atoms with Gasteiger partial charge in [-0.3, -0.25) is 0 Å². The second kappa shape index (κ2) is 9.02. The summed E-state index contributed by atoms with van der Waals surface area (Å²) >= 11 is 1.60. The Bertz CT molecular complexity index is 1180. The van der Waals surface area contributed by atoms with E-state index in [2.05, 4.69) is 105 Å². The number of nitrogens with zero attached hydrogens (tertiary/aromatic N) is 1. The van der Waals surface area contributed by atoms with Crippen molar-refractivity contribution >= 4 is 19.3 Å². The number of hydrogen-bond acceptors (Lipinski definition) is 0. The molecule has 0 N–H and O–H groups in total. The molecular weight excluding hydrogens is 517 g/mol. The van der Waals surface area contributed by atoms with Crippen LogP contribution in [0.2, 0.25) is 13.1 Å². The molecule has 2 bridgehead atoms. The molecule has 0 saturated heterocycles. The molecule has 3 heterocycles. The molecule has 4 aliphatic rings. The molecule has 157 valence electrons. The smallest absolute Gasteiger partial charge is 1.00 e. The topological polar surface area (TPSA) is 4.93 Å². The summed E-state index contributed by atoms with van der Waals surface area (Å²) in [4.78, 5) is 0. The third-order valence-electron chi connectivity index (χ3n) is 6.83. The number of aromatic nitrogens is 1. The van der Waals surface area contributed by atoms with E-state index in [9.17, 15) is 0 Å². The Labute approximate surface area is 214 Å². The maximum atomic E-state index is 2.51. The van der Waals surface area contributed by atoms with Gasteiger partial charge in [-0.05, 0) is 30.2 Å². The van der Waals surface area contributed by atoms with Crippen LogP contribution in [0.5, 0.6) is 0 Å². The van der Waals surface area contributed by atoms with Crippen molar-refractivity contribution in [3.8, 4) is 5.69 Å². The van der Waals surface area contributed by atoms with Crippen molar-refractivity contribution in [2.45, 2.75) is 36.1 Å². The van der Waals surface area contributed by atoms with Crippen LogP contribution in [0.3, 0.4) is 0 Å². The zero-order valence-corrected chi connectivity index (χ0v) is 23.3. The summed E-state index contributed by atoms with van der Waals surface area (Å²) in [6.45, 7) is 9.56. The molecule has 0 fully saturated rings. The molecule has 2 unspecified atom stereocenters. The van der Waals surface area contributed by atoms with E-state index in [1.165, 1.54) is 28.0 Å². The monoisotopic (exact) mass is 540 g/mol. The van der Waals surface area contributed by atoms with Crippen LogP contribution < -0.4 is 24.8 Å². The van der Waals surface area contributed by atoms with Gasteiger partial charge in [0.15, 0.2) is 0 Å². The molecule has 1 nitrogen and oxygen atoms in total. The minimum Gasteiger partial charge on any atom is -1.00 e. The molecule has 5 heteroatoms. The minimum absolute atomic E-state index is 0. The van der Waals surface area contributed by atoms with Crippen LogP contribution in [0.25, 0.3) is 17.0 Å². The number of rotatable bonds is 1. The molecule has 2 atom stereocenters. The Hall–Kier alpha value is -1.12. The van der Waals surface area contributed by atoms with Gasteiger partial charge in [-0.15, -0.1) is 0 Å². The summed E-state index contributed by atoms with van der Waals surface area (Å²) in [6.07, 6.45) is 6.99. The second-order valence-corrected chi connectivity index (χ2v) is 15.0. The van der Waals surface area contributed by atoms with E-state index >= 15 is 0 Å². The average molecular weight is 543 g/mol. The molecular formula is C26H26Cl2NSiZr. The summed E-state index contributed by atoms with van der Waals surface area (Å²) in [5.41, 5.74) is 11.3. The van der Waals surface area contributed by atoms with Crippen LogP contribution in [0.4, 0.5) is 0 Å². The van der Waals surface area contributed by atoms with Crippen LogP contribution in [0, 0.1) is 0 Å². The van der Waals surface area contributed by atoms with Crippen molar-refractivity contribution in [1.82, 2.24) is 4.57 Å². The van der Waals surface area contributed by atoms with E-state index in [1.54, 1.807) is 41.1 Å². The van der Waals surface area contributed by atoms with Gasteiger partial charge in [-0.1, -0.05) is 42.1 Å². The Morgan fingerprint density at radius 2 is 1.48 bits per heavy atom. The maximum Gasteiger partial charge on any atom is -1.00 e. The van der Waals surface area contributed by atoms with Crippen LogP contribution in [0.1, 0.15) is 45.3 Å². The van der Waals surface area contributed by atoms with Crippen LogP contribution in [-0.4, -0.2) is 12.6 Å². The average Bonchev–Trinajstić information content (AvgIpc) is 3.38. The fourth-order valence-corrected chi connectivity index (χ4v) is 10.8. The van der Waals surface area contributed by atoms with E-state index in [0.29, 0.717) is 0 Å². The second-order valence-electron chi connectivity index (χ2n) is 9.03. The molecule has 0 radical (unpaired) electrons. The maximum absolute atomic E-state index is 2.51. The first-order valence-electron chi connectivity index (χ1n) is 10.4. The molecule has 0 amide bonds. The largest absolute Gasteiger partial charge is 1.00 e. The molecule has 2 aliphatic carbocycles. The van der Waals surface area contributed by atoms with Crippen LogP contribution in [0.15, 0.2) is 78.1 Å². The number of para-hydroxylation sites is 1. The molecule has 2 aromatic carbocycles. The van der Waals surface area contributed by atoms with E-state index in [4.69, 9.17) is 0 Å². The molecule has 1 aromatic heterocycles. The van der Waals surface area contributed by atoms with Crippen LogP contribution >= 0.6 is 0 Å². The quantitative estimate of drug-likeness (QED) is 0.402. The van der Waals surface area contributed by atoms with Gasteiger partial charge in [0.25, 0.3) is 0 Å². The first-order valence-corrected chi connectivity index (χ1v) is 14.9. The molecule has 3 aromatic rings. The van der Waals surface area contributed by atoms with Crippen LogP contribution in [-0.2, 0) is 24.7 Å². The van der Waals surface area contributed by atoms with E-state index in [0.717, 1.165) is 9.17 Å². The molecule has 0 saturated carbocycles. The van der Waals surface area contributed by atoms with Gasteiger partial charge in [0.05, 0.1) is 8.07 Å². The number of fused-ring (bicyclic) bond motifs is 1. The number of allylic oxidation sites excluding steroid dienone is 2. The first kappa shape index (κ1) is 24.5. The minimum atomic E-state index is -1.12. The summed E-state index contributed by atoms with van der Waals surface area (Å²) < 4.78 is 3.01. The normalized spacial score (nSPS) is 20.9. The Morgan fingerprint density at radius 1 is 0.839 bits per heavy atom. The van der Waals surface area contributed by atoms with Gasteiger partial charge in [-0.25, -0.2) is 0 Å². The molecule has 7 rings (SSSR count). The third kappa shape index (κ3) is 3.82. The Morgan fingerprint density at radius 3 is 2.10 bits per heavy atom. The third-order valence-corrected chi connectivity index (χ3v) is 12.9. The van der Waals surface area contributed by atoms with E-state index in [-0.39, 0.29) is 24.8 Å². The SMILES string of the molecule is CC1=C2c3cn(-c4ccccc4)cc3C1[Si]2(C)C.CC1=Cc2ccccc2[CH]1[Zr+2].[Cl-].[Cl-]. The molecule has 31 heavy (non-hydrogen) atoms. The summed E-state index contributed by atoms with van der Waals surface area (Å²) in [6, 6.07) is 19.3. The van der Waals surface area contributed by atoms with Crippen molar-refractivity contribution in [3.63, 3.8) is 0 Å². The zero-order valence-electron chi connectivity index (χ0n) is 18.3. The van der Waals surface area contributed by atoms with Gasteiger partial charge < -0.3 is 29.4 Å². The van der Waals surface area contributed by atoms with Gasteiger partial charge in [0.2, 0.25) is 0 Å². The summed E-state index contributed by atoms with van der Waals surface area (Å²) in [5.74, 6) is 0. The van der Waals surface area contributed by atoms with Crippen molar-refractivity contribution in [1.29, 1.82) is 0 Å².